The first-order chi connectivity index (χ1) is 10.00. The van der Waals surface area contributed by atoms with Gasteiger partial charge in [0, 0.05) is 43.0 Å². The zero-order valence-electron chi connectivity index (χ0n) is 13.0. The van der Waals surface area contributed by atoms with Crippen LogP contribution in [0.1, 0.15) is 13.8 Å². The summed E-state index contributed by atoms with van der Waals surface area (Å²) in [6, 6.07) is 6.94. The van der Waals surface area contributed by atoms with E-state index in [1.54, 1.807) is 28.8 Å². The molecule has 1 saturated heterocycles. The standard InChI is InChI=1S/C15H19N3O2S.2ClH/c1-11-8-17-9-12(2)18(11)21(19,20)15-4-3-14-10-16-6-5-13(14)7-15;;/h3-7,10-12,17H,8-9H2,1-2H3;2*1H/t11-,12-;;/m1../s1. The first-order valence-electron chi connectivity index (χ1n) is 7.08. The summed E-state index contributed by atoms with van der Waals surface area (Å²) >= 11 is 0. The van der Waals surface area contributed by atoms with Crippen molar-refractivity contribution >= 4 is 45.6 Å². The topological polar surface area (TPSA) is 62.3 Å². The van der Waals surface area contributed by atoms with Gasteiger partial charge in [0.2, 0.25) is 10.0 Å². The fourth-order valence-corrected chi connectivity index (χ4v) is 4.79. The normalized spacial score (nSPS) is 22.2. The van der Waals surface area contributed by atoms with E-state index >= 15 is 0 Å². The van der Waals surface area contributed by atoms with E-state index < -0.39 is 10.0 Å². The maximum absolute atomic E-state index is 12.9. The lowest BCUT2D eigenvalue weighted by atomic mass is 10.2. The number of aromatic nitrogens is 1. The van der Waals surface area contributed by atoms with Crippen molar-refractivity contribution in [3.63, 3.8) is 0 Å². The maximum atomic E-state index is 12.9. The highest BCUT2D eigenvalue weighted by Gasteiger charge is 2.35. The smallest absolute Gasteiger partial charge is 0.243 e. The number of hydrogen-bond acceptors (Lipinski definition) is 4. The molecule has 1 aliphatic heterocycles. The second kappa shape index (κ2) is 7.77. The number of piperazine rings is 1. The molecular formula is C15H21Cl2N3O2S. The minimum absolute atomic E-state index is 0. The second-order valence-corrected chi connectivity index (χ2v) is 7.42. The average molecular weight is 378 g/mol. The van der Waals surface area contributed by atoms with E-state index in [9.17, 15) is 8.42 Å². The van der Waals surface area contributed by atoms with Crippen LogP contribution in [0.2, 0.25) is 0 Å². The lowest BCUT2D eigenvalue weighted by Crippen LogP contribution is -2.57. The van der Waals surface area contributed by atoms with Crippen LogP contribution < -0.4 is 5.32 Å². The van der Waals surface area contributed by atoms with Gasteiger partial charge in [-0.3, -0.25) is 4.98 Å². The molecule has 2 atom stereocenters. The molecule has 1 fully saturated rings. The first-order valence-corrected chi connectivity index (χ1v) is 8.52. The van der Waals surface area contributed by atoms with Crippen LogP contribution in [0.5, 0.6) is 0 Å². The van der Waals surface area contributed by atoms with Crippen LogP contribution >= 0.6 is 24.8 Å². The van der Waals surface area contributed by atoms with Crippen LogP contribution in [0.4, 0.5) is 0 Å². The minimum atomic E-state index is -3.48. The van der Waals surface area contributed by atoms with Gasteiger partial charge in [-0.25, -0.2) is 8.42 Å². The molecule has 1 aliphatic rings. The first kappa shape index (κ1) is 20.1. The number of sulfonamides is 1. The Bertz CT molecular complexity index is 760. The number of pyridine rings is 1. The van der Waals surface area contributed by atoms with Crippen molar-refractivity contribution < 1.29 is 8.42 Å². The van der Waals surface area contributed by atoms with Crippen LogP contribution in [0, 0.1) is 0 Å². The number of nitrogens with zero attached hydrogens (tertiary/aromatic N) is 2. The van der Waals surface area contributed by atoms with Crippen molar-refractivity contribution in [3.8, 4) is 0 Å². The van der Waals surface area contributed by atoms with Gasteiger partial charge >= 0.3 is 0 Å². The predicted molar refractivity (Wildman–Crippen MR) is 97.1 cm³/mol. The fraction of sp³-hybridized carbons (Fsp3) is 0.400. The Hall–Kier alpha value is -0.920. The number of fused-ring (bicyclic) bond motifs is 1. The minimum Gasteiger partial charge on any atom is -0.314 e. The third kappa shape index (κ3) is 3.78. The molecule has 23 heavy (non-hydrogen) atoms. The Labute approximate surface area is 149 Å². The molecule has 128 valence electrons. The number of benzene rings is 1. The molecule has 0 aliphatic carbocycles. The van der Waals surface area contributed by atoms with E-state index in [-0.39, 0.29) is 36.9 Å². The fourth-order valence-electron chi connectivity index (χ4n) is 2.93. The lowest BCUT2D eigenvalue weighted by Gasteiger charge is -2.38. The molecular weight excluding hydrogens is 357 g/mol. The highest BCUT2D eigenvalue weighted by molar-refractivity contribution is 7.89. The number of halogens is 2. The monoisotopic (exact) mass is 377 g/mol. The van der Waals surface area contributed by atoms with Crippen molar-refractivity contribution in [2.45, 2.75) is 30.8 Å². The van der Waals surface area contributed by atoms with Gasteiger partial charge in [-0.05, 0) is 37.4 Å². The highest BCUT2D eigenvalue weighted by Crippen LogP contribution is 2.25. The van der Waals surface area contributed by atoms with Gasteiger partial charge in [0.25, 0.3) is 0 Å². The van der Waals surface area contributed by atoms with Crippen LogP contribution in [-0.2, 0) is 10.0 Å². The molecule has 0 spiro atoms. The van der Waals surface area contributed by atoms with Crippen LogP contribution in [0.25, 0.3) is 10.8 Å². The summed E-state index contributed by atoms with van der Waals surface area (Å²) in [5.74, 6) is 0. The average Bonchev–Trinajstić information content (AvgIpc) is 2.46. The molecule has 1 aromatic carbocycles. The molecule has 0 saturated carbocycles. The summed E-state index contributed by atoms with van der Waals surface area (Å²) in [5, 5.41) is 5.09. The van der Waals surface area contributed by atoms with Crippen molar-refractivity contribution in [2.75, 3.05) is 13.1 Å². The van der Waals surface area contributed by atoms with E-state index in [0.29, 0.717) is 18.0 Å². The van der Waals surface area contributed by atoms with Crippen LogP contribution in [-0.4, -0.2) is 42.9 Å². The third-order valence-electron chi connectivity index (χ3n) is 3.94. The van der Waals surface area contributed by atoms with Gasteiger partial charge < -0.3 is 5.32 Å². The summed E-state index contributed by atoms with van der Waals surface area (Å²) in [6.07, 6.45) is 3.41. The Balaban J connectivity index is 0.00000132. The van der Waals surface area contributed by atoms with Crippen LogP contribution in [0.15, 0.2) is 41.6 Å². The molecule has 2 heterocycles. The molecule has 3 rings (SSSR count). The Morgan fingerprint density at radius 1 is 1.09 bits per heavy atom. The van der Waals surface area contributed by atoms with E-state index in [4.69, 9.17) is 0 Å². The van der Waals surface area contributed by atoms with E-state index in [1.165, 1.54) is 0 Å². The molecule has 0 amide bonds. The molecule has 0 bridgehead atoms. The van der Waals surface area contributed by atoms with Gasteiger partial charge in [0.15, 0.2) is 0 Å². The van der Waals surface area contributed by atoms with Crippen molar-refractivity contribution in [1.29, 1.82) is 0 Å². The van der Waals surface area contributed by atoms with Crippen molar-refractivity contribution in [1.82, 2.24) is 14.6 Å². The van der Waals surface area contributed by atoms with Crippen molar-refractivity contribution in [2.24, 2.45) is 0 Å². The summed E-state index contributed by atoms with van der Waals surface area (Å²) in [5.41, 5.74) is 0. The Morgan fingerprint density at radius 3 is 2.39 bits per heavy atom. The molecule has 0 unspecified atom stereocenters. The molecule has 5 nitrogen and oxygen atoms in total. The highest BCUT2D eigenvalue weighted by atomic mass is 35.5. The summed E-state index contributed by atoms with van der Waals surface area (Å²) in [7, 11) is -3.48. The molecule has 1 aromatic heterocycles. The Morgan fingerprint density at radius 2 is 1.74 bits per heavy atom. The maximum Gasteiger partial charge on any atom is 0.243 e. The van der Waals surface area contributed by atoms with Crippen LogP contribution in [0.3, 0.4) is 0 Å². The zero-order valence-corrected chi connectivity index (χ0v) is 15.4. The summed E-state index contributed by atoms with van der Waals surface area (Å²) in [4.78, 5) is 4.40. The number of rotatable bonds is 2. The van der Waals surface area contributed by atoms with Gasteiger partial charge in [-0.15, -0.1) is 24.8 Å². The SMILES string of the molecule is C[C@@H]1CNC[C@@H](C)N1S(=O)(=O)c1ccc2cnccc2c1.Cl.Cl. The Kier molecular flexibility index (Phi) is 6.80. The van der Waals surface area contributed by atoms with Gasteiger partial charge in [0.05, 0.1) is 4.90 Å². The van der Waals surface area contributed by atoms with Gasteiger partial charge in [-0.2, -0.15) is 4.31 Å². The van der Waals surface area contributed by atoms with E-state index in [1.807, 2.05) is 26.0 Å². The largest absolute Gasteiger partial charge is 0.314 e. The molecule has 8 heteroatoms. The zero-order chi connectivity index (χ0) is 15.0. The number of hydrogen-bond donors (Lipinski definition) is 1. The quantitative estimate of drug-likeness (QED) is 0.872. The molecule has 1 N–H and O–H groups in total. The third-order valence-corrected chi connectivity index (χ3v) is 6.06. The molecule has 2 aromatic rings. The van der Waals surface area contributed by atoms with Gasteiger partial charge in [-0.1, -0.05) is 6.07 Å². The summed E-state index contributed by atoms with van der Waals surface area (Å²) in [6.45, 7) is 5.23. The van der Waals surface area contributed by atoms with E-state index in [2.05, 4.69) is 10.3 Å². The van der Waals surface area contributed by atoms with E-state index in [0.717, 1.165) is 10.8 Å². The molecule has 0 radical (unpaired) electrons. The van der Waals surface area contributed by atoms with Crippen molar-refractivity contribution in [3.05, 3.63) is 36.7 Å². The lowest BCUT2D eigenvalue weighted by molar-refractivity contribution is 0.220. The van der Waals surface area contributed by atoms with Gasteiger partial charge in [0.1, 0.15) is 0 Å². The predicted octanol–water partition coefficient (Wildman–Crippen LogP) is 2.45. The number of nitrogens with one attached hydrogen (secondary N) is 1. The summed E-state index contributed by atoms with van der Waals surface area (Å²) < 4.78 is 27.5. The second-order valence-electron chi connectivity index (χ2n) is 5.58.